The second-order valence-electron chi connectivity index (χ2n) is 6.86. The number of aliphatic hydroxyl groups excluding tert-OH is 1. The molecule has 0 radical (unpaired) electrons. The van der Waals surface area contributed by atoms with Crippen LogP contribution in [0.1, 0.15) is 18.5 Å². The molecule has 16 heteroatoms. The smallest absolute Gasteiger partial charge is 0.328 e. The van der Waals surface area contributed by atoms with E-state index in [1.165, 1.54) is 12.5 Å². The number of nitrogens with two attached hydrogens (primary N) is 2. The first-order chi connectivity index (χ1) is 15.4. The van der Waals surface area contributed by atoms with Crippen LogP contribution in [0.5, 0.6) is 0 Å². The van der Waals surface area contributed by atoms with Crippen molar-refractivity contribution in [3.8, 4) is 0 Å². The highest BCUT2D eigenvalue weighted by Crippen LogP contribution is 2.02. The van der Waals surface area contributed by atoms with Crippen LogP contribution in [0, 0.1) is 0 Å². The van der Waals surface area contributed by atoms with Crippen molar-refractivity contribution in [2.45, 2.75) is 43.4 Å². The Balaban J connectivity index is 2.93. The van der Waals surface area contributed by atoms with Crippen LogP contribution >= 0.6 is 0 Å². The molecule has 4 amide bonds. The Bertz CT molecular complexity index is 874. The highest BCUT2D eigenvalue weighted by atomic mass is 16.4. The summed E-state index contributed by atoms with van der Waals surface area (Å²) in [5.74, 6) is -7.35. The van der Waals surface area contributed by atoms with E-state index in [0.29, 0.717) is 5.69 Å². The molecule has 0 fully saturated rings. The first-order valence-corrected chi connectivity index (χ1v) is 9.42. The zero-order valence-corrected chi connectivity index (χ0v) is 17.2. The molecule has 4 atom stereocenters. The third kappa shape index (κ3) is 9.32. The number of primary amides is 1. The van der Waals surface area contributed by atoms with E-state index in [1.807, 2.05) is 10.6 Å². The maximum Gasteiger partial charge on any atom is 0.328 e. The van der Waals surface area contributed by atoms with Gasteiger partial charge in [0.15, 0.2) is 0 Å². The van der Waals surface area contributed by atoms with Gasteiger partial charge < -0.3 is 47.7 Å². The molecule has 0 aromatic carbocycles. The summed E-state index contributed by atoms with van der Waals surface area (Å²) in [4.78, 5) is 77.1. The number of carboxylic acid groups (broad SMARTS) is 2. The van der Waals surface area contributed by atoms with Gasteiger partial charge in [0.25, 0.3) is 0 Å². The number of aromatic amines is 1. The molecular weight excluding hydrogens is 446 g/mol. The molecule has 1 aromatic rings. The summed E-state index contributed by atoms with van der Waals surface area (Å²) in [5, 5.41) is 33.0. The molecule has 11 N–H and O–H groups in total. The third-order valence-corrected chi connectivity index (χ3v) is 4.18. The van der Waals surface area contributed by atoms with Crippen LogP contribution in [0.3, 0.4) is 0 Å². The van der Waals surface area contributed by atoms with Crippen molar-refractivity contribution in [2.75, 3.05) is 6.61 Å². The number of rotatable bonds is 14. The van der Waals surface area contributed by atoms with Gasteiger partial charge in [-0.1, -0.05) is 0 Å². The number of aliphatic carboxylic acids is 2. The third-order valence-electron chi connectivity index (χ3n) is 4.18. The lowest BCUT2D eigenvalue weighted by Gasteiger charge is -2.23. The van der Waals surface area contributed by atoms with Gasteiger partial charge in [0.2, 0.25) is 23.6 Å². The fourth-order valence-corrected chi connectivity index (χ4v) is 2.53. The predicted octanol–water partition coefficient (Wildman–Crippen LogP) is -4.84. The molecule has 0 aliphatic carbocycles. The summed E-state index contributed by atoms with van der Waals surface area (Å²) in [5.41, 5.74) is 11.4. The normalized spacial score (nSPS) is 14.2. The van der Waals surface area contributed by atoms with Crippen molar-refractivity contribution < 1.29 is 44.1 Å². The van der Waals surface area contributed by atoms with E-state index in [9.17, 15) is 28.8 Å². The largest absolute Gasteiger partial charge is 0.481 e. The van der Waals surface area contributed by atoms with Gasteiger partial charge in [-0.25, -0.2) is 9.78 Å². The summed E-state index contributed by atoms with van der Waals surface area (Å²) >= 11 is 0. The lowest BCUT2D eigenvalue weighted by atomic mass is 10.1. The van der Waals surface area contributed by atoms with Crippen LogP contribution in [0.4, 0.5) is 0 Å². The van der Waals surface area contributed by atoms with Gasteiger partial charge in [0.1, 0.15) is 18.1 Å². The average molecular weight is 471 g/mol. The number of carboxylic acids is 2. The van der Waals surface area contributed by atoms with Crippen LogP contribution in [-0.4, -0.2) is 91.6 Å². The van der Waals surface area contributed by atoms with Gasteiger partial charge in [-0.2, -0.15) is 0 Å². The first-order valence-electron chi connectivity index (χ1n) is 9.42. The summed E-state index contributed by atoms with van der Waals surface area (Å²) in [7, 11) is 0. The second kappa shape index (κ2) is 12.7. The fraction of sp³-hybridized carbons (Fsp3) is 0.471. The van der Waals surface area contributed by atoms with Crippen molar-refractivity contribution in [3.63, 3.8) is 0 Å². The molecule has 1 rings (SSSR count). The average Bonchev–Trinajstić information content (AvgIpc) is 3.22. The van der Waals surface area contributed by atoms with Gasteiger partial charge in [0, 0.05) is 18.3 Å². The van der Waals surface area contributed by atoms with Crippen LogP contribution in [0.15, 0.2) is 12.5 Å². The van der Waals surface area contributed by atoms with Crippen molar-refractivity contribution in [1.29, 1.82) is 0 Å². The number of hydrogen-bond donors (Lipinski definition) is 9. The van der Waals surface area contributed by atoms with Crippen LogP contribution in [0.25, 0.3) is 0 Å². The number of aromatic nitrogens is 2. The van der Waals surface area contributed by atoms with E-state index < -0.39 is 79.2 Å². The number of H-pyrrole nitrogens is 1. The van der Waals surface area contributed by atoms with Crippen molar-refractivity contribution in [1.82, 2.24) is 25.9 Å². The van der Waals surface area contributed by atoms with Gasteiger partial charge in [-0.05, 0) is 0 Å². The molecule has 182 valence electrons. The van der Waals surface area contributed by atoms with Gasteiger partial charge in [0.05, 0.1) is 31.8 Å². The number of hydrogen-bond acceptors (Lipinski definition) is 9. The van der Waals surface area contributed by atoms with Crippen LogP contribution in [-0.2, 0) is 35.2 Å². The van der Waals surface area contributed by atoms with Gasteiger partial charge >= 0.3 is 11.9 Å². The Morgan fingerprint density at radius 1 is 0.939 bits per heavy atom. The number of imidazole rings is 1. The molecule has 0 saturated carbocycles. The Labute approximate surface area is 186 Å². The van der Waals surface area contributed by atoms with E-state index in [1.54, 1.807) is 0 Å². The zero-order valence-electron chi connectivity index (χ0n) is 17.2. The molecule has 1 aromatic heterocycles. The number of amides is 4. The minimum Gasteiger partial charge on any atom is -0.481 e. The number of carbonyl (C=O) groups excluding carboxylic acids is 4. The van der Waals surface area contributed by atoms with E-state index in [0.717, 1.165) is 0 Å². The lowest BCUT2D eigenvalue weighted by molar-refractivity contribution is -0.144. The monoisotopic (exact) mass is 471 g/mol. The van der Waals surface area contributed by atoms with E-state index in [4.69, 9.17) is 26.8 Å². The molecule has 0 bridgehead atoms. The molecule has 4 unspecified atom stereocenters. The summed E-state index contributed by atoms with van der Waals surface area (Å²) in [6, 6.07) is -6.32. The summed E-state index contributed by atoms with van der Waals surface area (Å²) < 4.78 is 0. The second-order valence-corrected chi connectivity index (χ2v) is 6.86. The highest BCUT2D eigenvalue weighted by Gasteiger charge is 2.32. The first kappa shape index (κ1) is 27.0. The number of nitrogens with zero attached hydrogens (tertiary/aromatic N) is 1. The van der Waals surface area contributed by atoms with Crippen molar-refractivity contribution >= 4 is 35.6 Å². The quantitative estimate of drug-likeness (QED) is 0.124. The Hall–Kier alpha value is -4.05. The highest BCUT2D eigenvalue weighted by molar-refractivity contribution is 5.97. The van der Waals surface area contributed by atoms with Crippen LogP contribution in [0.2, 0.25) is 0 Å². The van der Waals surface area contributed by atoms with Crippen LogP contribution < -0.4 is 27.4 Å². The lowest BCUT2D eigenvalue weighted by Crippen LogP contribution is -2.58. The summed E-state index contributed by atoms with van der Waals surface area (Å²) in [6.45, 7) is -0.997. The summed E-state index contributed by atoms with van der Waals surface area (Å²) in [6.07, 6.45) is 1.13. The molecule has 0 aliphatic rings. The SMILES string of the molecule is NC(=O)CC(NC(=O)C(N)Cc1cnc[nH]1)C(=O)NC(CC(=O)O)C(=O)NC(CO)C(=O)O. The maximum atomic E-state index is 12.6. The van der Waals surface area contributed by atoms with E-state index >= 15 is 0 Å². The Morgan fingerprint density at radius 2 is 1.48 bits per heavy atom. The zero-order chi connectivity index (χ0) is 25.1. The number of aliphatic hydroxyl groups is 1. The predicted molar refractivity (Wildman–Crippen MR) is 107 cm³/mol. The minimum absolute atomic E-state index is 0.0124. The van der Waals surface area contributed by atoms with E-state index in [2.05, 4.69) is 15.3 Å². The molecule has 0 saturated heterocycles. The topological polar surface area (TPSA) is 280 Å². The van der Waals surface area contributed by atoms with Crippen molar-refractivity contribution in [2.24, 2.45) is 11.5 Å². The Morgan fingerprint density at radius 3 is 1.94 bits per heavy atom. The molecule has 0 spiro atoms. The van der Waals surface area contributed by atoms with Gasteiger partial charge in [-0.15, -0.1) is 0 Å². The Kier molecular flexibility index (Phi) is 10.4. The minimum atomic E-state index is -1.80. The van der Waals surface area contributed by atoms with Gasteiger partial charge in [-0.3, -0.25) is 24.0 Å². The fourth-order valence-electron chi connectivity index (χ4n) is 2.53. The molecular formula is C17H25N7O9. The van der Waals surface area contributed by atoms with E-state index in [-0.39, 0.29) is 6.42 Å². The molecule has 1 heterocycles. The molecule has 0 aliphatic heterocycles. The number of carbonyl (C=O) groups is 6. The van der Waals surface area contributed by atoms with Crippen molar-refractivity contribution in [3.05, 3.63) is 18.2 Å². The molecule has 16 nitrogen and oxygen atoms in total. The standard InChI is InChI=1S/C17H25N7O9/c18-8(1-7-4-20-6-21-7)14(29)22-9(2-12(19)26)15(30)23-10(3-13(27)28)16(31)24-11(5-25)17(32)33/h4,6,8-11,25H,1-3,5,18H2,(H2,19,26)(H,20,21)(H,22,29)(H,23,30)(H,24,31)(H,27,28)(H,32,33). The number of nitrogens with one attached hydrogen (secondary N) is 4. The molecule has 33 heavy (non-hydrogen) atoms. The maximum absolute atomic E-state index is 12.6.